The van der Waals surface area contributed by atoms with Crippen LogP contribution in [0.15, 0.2) is 36.5 Å². The number of hydrogen-bond donors (Lipinski definition) is 1. The van der Waals surface area contributed by atoms with E-state index in [0.29, 0.717) is 24.5 Å². The van der Waals surface area contributed by atoms with Gasteiger partial charge in [0.05, 0.1) is 12.2 Å². The van der Waals surface area contributed by atoms with Gasteiger partial charge in [-0.15, -0.1) is 0 Å². The van der Waals surface area contributed by atoms with E-state index in [1.54, 1.807) is 12.3 Å². The van der Waals surface area contributed by atoms with Gasteiger partial charge in [-0.1, -0.05) is 12.1 Å². The van der Waals surface area contributed by atoms with Crippen LogP contribution < -0.4 is 10.1 Å². The van der Waals surface area contributed by atoms with Crippen LogP contribution in [0.5, 0.6) is 5.75 Å². The zero-order valence-corrected chi connectivity index (χ0v) is 12.5. The summed E-state index contributed by atoms with van der Waals surface area (Å²) in [4.78, 5) is 12.2. The highest BCUT2D eigenvalue weighted by molar-refractivity contribution is 5.96. The van der Waals surface area contributed by atoms with Gasteiger partial charge < -0.3 is 10.1 Å². The van der Waals surface area contributed by atoms with Crippen LogP contribution in [0.3, 0.4) is 0 Å². The van der Waals surface area contributed by atoms with Crippen LogP contribution in [0.4, 0.5) is 0 Å². The number of carbonyl (C=O) groups excluding carboxylic acids is 1. The Balaban J connectivity index is 1.83. The molecule has 2 rings (SSSR count). The molecule has 21 heavy (non-hydrogen) atoms. The summed E-state index contributed by atoms with van der Waals surface area (Å²) in [6.07, 6.45) is 2.62. The van der Waals surface area contributed by atoms with Crippen molar-refractivity contribution in [1.82, 2.24) is 15.1 Å². The molecule has 1 aromatic heterocycles. The zero-order valence-electron chi connectivity index (χ0n) is 12.5. The molecular weight excluding hydrogens is 266 g/mol. The quantitative estimate of drug-likeness (QED) is 0.796. The lowest BCUT2D eigenvalue weighted by molar-refractivity contribution is 0.0949. The maximum atomic E-state index is 12.2. The third kappa shape index (κ3) is 4.08. The van der Waals surface area contributed by atoms with Crippen LogP contribution in [0.2, 0.25) is 0 Å². The van der Waals surface area contributed by atoms with E-state index in [-0.39, 0.29) is 5.91 Å². The van der Waals surface area contributed by atoms with Crippen molar-refractivity contribution in [2.24, 2.45) is 0 Å². The van der Waals surface area contributed by atoms with E-state index in [4.69, 9.17) is 4.74 Å². The summed E-state index contributed by atoms with van der Waals surface area (Å²) in [7, 11) is 0. The van der Waals surface area contributed by atoms with E-state index in [1.165, 1.54) is 0 Å². The van der Waals surface area contributed by atoms with Gasteiger partial charge in [-0.3, -0.25) is 9.48 Å². The fourth-order valence-electron chi connectivity index (χ4n) is 2.09. The molecule has 2 aromatic rings. The van der Waals surface area contributed by atoms with Crippen LogP contribution in [0.1, 0.15) is 29.4 Å². The summed E-state index contributed by atoms with van der Waals surface area (Å²) < 4.78 is 7.39. The number of hydrogen-bond acceptors (Lipinski definition) is 3. The van der Waals surface area contributed by atoms with Crippen LogP contribution in [0.25, 0.3) is 0 Å². The standard InChI is InChI=1S/C16H21N3O2/c1-3-21-15-8-5-4-7-14(15)16(20)17-10-6-12-19-13(2)9-11-18-19/h4-5,7-9,11H,3,6,10,12H2,1-2H3,(H,17,20). The maximum Gasteiger partial charge on any atom is 0.255 e. The molecule has 0 radical (unpaired) electrons. The van der Waals surface area contributed by atoms with E-state index >= 15 is 0 Å². The van der Waals surface area contributed by atoms with Crippen molar-refractivity contribution in [2.45, 2.75) is 26.8 Å². The third-order valence-corrected chi connectivity index (χ3v) is 3.19. The first kappa shape index (κ1) is 15.1. The summed E-state index contributed by atoms with van der Waals surface area (Å²) in [5, 5.41) is 7.13. The van der Waals surface area contributed by atoms with E-state index in [0.717, 1.165) is 18.7 Å². The predicted molar refractivity (Wildman–Crippen MR) is 81.5 cm³/mol. The van der Waals surface area contributed by atoms with Crippen molar-refractivity contribution in [3.05, 3.63) is 47.8 Å². The van der Waals surface area contributed by atoms with Crippen molar-refractivity contribution in [2.75, 3.05) is 13.2 Å². The minimum atomic E-state index is -0.101. The van der Waals surface area contributed by atoms with Gasteiger partial charge in [-0.05, 0) is 38.5 Å². The Bertz CT molecular complexity index is 593. The van der Waals surface area contributed by atoms with E-state index in [9.17, 15) is 4.79 Å². The molecule has 1 aromatic carbocycles. The lowest BCUT2D eigenvalue weighted by atomic mass is 10.2. The Morgan fingerprint density at radius 2 is 2.14 bits per heavy atom. The molecule has 1 heterocycles. The number of aryl methyl sites for hydroxylation is 2. The normalized spacial score (nSPS) is 10.4. The Kier molecular flexibility index (Phi) is 5.37. The highest BCUT2D eigenvalue weighted by atomic mass is 16.5. The summed E-state index contributed by atoms with van der Waals surface area (Å²) >= 11 is 0. The minimum Gasteiger partial charge on any atom is -0.493 e. The molecule has 0 aliphatic heterocycles. The Labute approximate surface area is 124 Å². The first-order chi connectivity index (χ1) is 10.2. The lowest BCUT2D eigenvalue weighted by Gasteiger charge is -2.10. The molecule has 112 valence electrons. The van der Waals surface area contributed by atoms with Gasteiger partial charge in [-0.2, -0.15) is 5.10 Å². The SMILES string of the molecule is CCOc1ccccc1C(=O)NCCCn1nccc1C. The van der Waals surface area contributed by atoms with Crippen LogP contribution in [-0.4, -0.2) is 28.8 Å². The number of rotatable bonds is 7. The molecule has 0 aliphatic rings. The second-order valence-corrected chi connectivity index (χ2v) is 4.73. The molecule has 1 N–H and O–H groups in total. The second kappa shape index (κ2) is 7.47. The zero-order chi connectivity index (χ0) is 15.1. The summed E-state index contributed by atoms with van der Waals surface area (Å²) in [5.74, 6) is 0.525. The molecular formula is C16H21N3O2. The number of benzene rings is 1. The number of aromatic nitrogens is 2. The number of ether oxygens (including phenoxy) is 1. The number of nitrogens with one attached hydrogen (secondary N) is 1. The molecule has 5 heteroatoms. The van der Waals surface area contributed by atoms with Crippen molar-refractivity contribution in [3.63, 3.8) is 0 Å². The monoisotopic (exact) mass is 287 g/mol. The molecule has 0 unspecified atom stereocenters. The Morgan fingerprint density at radius 3 is 2.86 bits per heavy atom. The largest absolute Gasteiger partial charge is 0.493 e. The Hall–Kier alpha value is -2.30. The van der Waals surface area contributed by atoms with E-state index in [1.807, 2.05) is 42.8 Å². The third-order valence-electron chi connectivity index (χ3n) is 3.19. The average molecular weight is 287 g/mol. The molecule has 0 fully saturated rings. The van der Waals surface area contributed by atoms with Crippen LogP contribution in [0, 0.1) is 6.92 Å². The van der Waals surface area contributed by atoms with Gasteiger partial charge in [0.25, 0.3) is 5.91 Å². The van der Waals surface area contributed by atoms with Crippen molar-refractivity contribution in [1.29, 1.82) is 0 Å². The maximum absolute atomic E-state index is 12.2. The predicted octanol–water partition coefficient (Wildman–Crippen LogP) is 2.41. The Morgan fingerprint density at radius 1 is 1.33 bits per heavy atom. The van der Waals surface area contributed by atoms with Gasteiger partial charge in [-0.25, -0.2) is 0 Å². The molecule has 0 saturated heterocycles. The number of amides is 1. The summed E-state index contributed by atoms with van der Waals surface area (Å²) in [5.41, 5.74) is 1.71. The minimum absolute atomic E-state index is 0.101. The topological polar surface area (TPSA) is 56.1 Å². The number of carbonyl (C=O) groups is 1. The van der Waals surface area contributed by atoms with Gasteiger partial charge in [0.15, 0.2) is 0 Å². The summed E-state index contributed by atoms with van der Waals surface area (Å²) in [6.45, 7) is 5.87. The second-order valence-electron chi connectivity index (χ2n) is 4.73. The molecule has 5 nitrogen and oxygen atoms in total. The smallest absolute Gasteiger partial charge is 0.255 e. The average Bonchev–Trinajstić information content (AvgIpc) is 2.90. The van der Waals surface area contributed by atoms with Crippen molar-refractivity contribution >= 4 is 5.91 Å². The van der Waals surface area contributed by atoms with Gasteiger partial charge in [0, 0.05) is 25.0 Å². The van der Waals surface area contributed by atoms with E-state index < -0.39 is 0 Å². The molecule has 0 aliphatic carbocycles. The highest BCUT2D eigenvalue weighted by Gasteiger charge is 2.10. The highest BCUT2D eigenvalue weighted by Crippen LogP contribution is 2.17. The molecule has 0 spiro atoms. The molecule has 0 saturated carbocycles. The van der Waals surface area contributed by atoms with E-state index in [2.05, 4.69) is 10.4 Å². The van der Waals surface area contributed by atoms with Gasteiger partial charge in [0.1, 0.15) is 5.75 Å². The number of para-hydroxylation sites is 1. The van der Waals surface area contributed by atoms with Crippen molar-refractivity contribution < 1.29 is 9.53 Å². The first-order valence-electron chi connectivity index (χ1n) is 7.20. The molecule has 0 atom stereocenters. The fraction of sp³-hybridized carbons (Fsp3) is 0.375. The molecule has 1 amide bonds. The lowest BCUT2D eigenvalue weighted by Crippen LogP contribution is -2.26. The first-order valence-corrected chi connectivity index (χ1v) is 7.20. The molecule has 0 bridgehead atoms. The van der Waals surface area contributed by atoms with Crippen LogP contribution >= 0.6 is 0 Å². The van der Waals surface area contributed by atoms with Gasteiger partial charge in [0.2, 0.25) is 0 Å². The van der Waals surface area contributed by atoms with Gasteiger partial charge >= 0.3 is 0 Å². The summed E-state index contributed by atoms with van der Waals surface area (Å²) in [6, 6.07) is 9.26. The van der Waals surface area contributed by atoms with Crippen molar-refractivity contribution in [3.8, 4) is 5.75 Å². The number of nitrogens with zero attached hydrogens (tertiary/aromatic N) is 2. The fourth-order valence-corrected chi connectivity index (χ4v) is 2.09. The van der Waals surface area contributed by atoms with Crippen LogP contribution in [-0.2, 0) is 6.54 Å².